The molecule has 0 aromatic carbocycles. The molecule has 0 rings (SSSR count). The van der Waals surface area contributed by atoms with E-state index in [2.05, 4.69) is 48.8 Å². The minimum atomic E-state index is -4.73. The van der Waals surface area contributed by atoms with E-state index in [1.165, 1.54) is 148 Å². The average Bonchev–Trinajstić information content (AvgIpc) is 3.25. The summed E-state index contributed by atoms with van der Waals surface area (Å²) in [6, 6.07) is -1.53. The Hall–Kier alpha value is -2.30. The number of hydrogen-bond donors (Lipinski definition) is 3. The number of esters is 2. The minimum Gasteiger partial charge on any atom is -0.480 e. The maximum Gasteiger partial charge on any atom is 0.472 e. The van der Waals surface area contributed by atoms with Crippen molar-refractivity contribution in [1.29, 1.82) is 0 Å². The van der Waals surface area contributed by atoms with E-state index < -0.39 is 51.1 Å². The summed E-state index contributed by atoms with van der Waals surface area (Å²) in [5, 5.41) is 8.91. The van der Waals surface area contributed by atoms with Gasteiger partial charge in [-0.3, -0.25) is 23.4 Å². The number of unbranched alkanes of at least 4 members (excludes halogenated alkanes) is 27. The summed E-state index contributed by atoms with van der Waals surface area (Å²) in [6.07, 6.45) is 50.9. The summed E-state index contributed by atoms with van der Waals surface area (Å²) in [7, 11) is -4.73. The highest BCUT2D eigenvalue weighted by Gasteiger charge is 2.28. The fourth-order valence-corrected chi connectivity index (χ4v) is 7.68. The van der Waals surface area contributed by atoms with Crippen LogP contribution in [0.15, 0.2) is 36.5 Å². The Morgan fingerprint density at radius 2 is 0.839 bits per heavy atom. The van der Waals surface area contributed by atoms with Crippen LogP contribution in [0.2, 0.25) is 0 Å². The molecule has 0 spiro atoms. The van der Waals surface area contributed by atoms with Crippen LogP contribution in [0.1, 0.15) is 232 Å². The van der Waals surface area contributed by atoms with Gasteiger partial charge in [0.05, 0.1) is 13.2 Å². The molecule has 0 heterocycles. The first-order valence-corrected chi connectivity index (χ1v) is 26.5. The Labute approximate surface area is 378 Å². The van der Waals surface area contributed by atoms with Gasteiger partial charge in [-0.25, -0.2) is 4.57 Å². The Kier molecular flexibility index (Phi) is 43.6. The van der Waals surface area contributed by atoms with Gasteiger partial charge in [0, 0.05) is 12.8 Å². The molecule has 12 heteroatoms. The maximum absolute atomic E-state index is 12.7. The quantitative estimate of drug-likeness (QED) is 0.0230. The van der Waals surface area contributed by atoms with Crippen molar-refractivity contribution in [2.24, 2.45) is 5.73 Å². The molecule has 0 saturated carbocycles. The van der Waals surface area contributed by atoms with Crippen LogP contribution < -0.4 is 5.73 Å². The van der Waals surface area contributed by atoms with Crippen LogP contribution in [0.3, 0.4) is 0 Å². The van der Waals surface area contributed by atoms with Gasteiger partial charge >= 0.3 is 25.7 Å². The van der Waals surface area contributed by atoms with E-state index in [-0.39, 0.29) is 19.4 Å². The standard InChI is InChI=1S/C50H92NO10P/c1-3-5-7-9-11-13-15-17-19-20-21-22-23-24-25-26-28-30-32-34-36-38-40-42-49(53)61-46(44-59-62(56,57)60-45-47(51)50(54)55)43-58-48(52)41-39-37-35-33-31-29-27-18-16-14-12-10-8-6-4-2/h26,28,31,33-34,36,46-47H,3-25,27,29-30,32,35,37-45,51H2,1-2H3,(H,54,55)(H,56,57)/b28-26+,33-31+,36-34+/t46-,47-/m0/s1. The van der Waals surface area contributed by atoms with Gasteiger partial charge in [0.1, 0.15) is 12.6 Å². The molecule has 11 nitrogen and oxygen atoms in total. The first-order chi connectivity index (χ1) is 30.1. The molecule has 0 fully saturated rings. The van der Waals surface area contributed by atoms with Crippen molar-refractivity contribution in [3.05, 3.63) is 36.5 Å². The molecular formula is C50H92NO10P. The smallest absolute Gasteiger partial charge is 0.472 e. The van der Waals surface area contributed by atoms with Crippen LogP contribution in [0.4, 0.5) is 0 Å². The third kappa shape index (κ3) is 44.3. The lowest BCUT2D eigenvalue weighted by Crippen LogP contribution is -2.34. The average molecular weight is 898 g/mol. The van der Waals surface area contributed by atoms with Gasteiger partial charge in [-0.1, -0.05) is 185 Å². The van der Waals surface area contributed by atoms with E-state index in [4.69, 9.17) is 24.8 Å². The van der Waals surface area contributed by atoms with Crippen molar-refractivity contribution in [3.63, 3.8) is 0 Å². The number of allylic oxidation sites excluding steroid dienone is 6. The molecule has 0 radical (unpaired) electrons. The van der Waals surface area contributed by atoms with Gasteiger partial charge in [0.2, 0.25) is 0 Å². The fraction of sp³-hybridized carbons (Fsp3) is 0.820. The van der Waals surface area contributed by atoms with E-state index in [0.717, 1.165) is 38.5 Å². The minimum absolute atomic E-state index is 0.0985. The normalized spacial score (nSPS) is 13.9. The first-order valence-electron chi connectivity index (χ1n) is 25.0. The number of phosphoric acid groups is 1. The molecule has 0 aliphatic rings. The molecule has 1 unspecified atom stereocenters. The highest BCUT2D eigenvalue weighted by molar-refractivity contribution is 7.47. The monoisotopic (exact) mass is 898 g/mol. The van der Waals surface area contributed by atoms with Crippen molar-refractivity contribution in [2.45, 2.75) is 244 Å². The number of phosphoric ester groups is 1. The maximum atomic E-state index is 12.7. The molecule has 0 aromatic rings. The number of carbonyl (C=O) groups is 3. The second-order valence-electron chi connectivity index (χ2n) is 16.9. The number of carboxylic acids is 1. The van der Waals surface area contributed by atoms with Gasteiger partial charge in [0.15, 0.2) is 6.10 Å². The SMILES string of the molecule is CCCCCCCCCCC/C=C/CCCCC(=O)OC[C@@H](COP(=O)(O)OC[C@H](N)C(=O)O)OC(=O)CCC/C=C/CC/C=C/CCCCCCCCCCCCCCCC. The summed E-state index contributed by atoms with van der Waals surface area (Å²) in [5.41, 5.74) is 5.34. The predicted molar refractivity (Wildman–Crippen MR) is 254 cm³/mol. The Morgan fingerprint density at radius 3 is 1.27 bits per heavy atom. The zero-order valence-electron chi connectivity index (χ0n) is 39.5. The van der Waals surface area contributed by atoms with Crippen LogP contribution in [0, 0.1) is 0 Å². The van der Waals surface area contributed by atoms with Gasteiger partial charge in [-0.2, -0.15) is 0 Å². The second kappa shape index (κ2) is 45.3. The molecule has 0 bridgehead atoms. The first kappa shape index (κ1) is 59.7. The van der Waals surface area contributed by atoms with Crippen LogP contribution >= 0.6 is 7.82 Å². The van der Waals surface area contributed by atoms with E-state index >= 15 is 0 Å². The Bertz CT molecular complexity index is 1190. The summed E-state index contributed by atoms with van der Waals surface area (Å²) in [6.45, 7) is 2.77. The lowest BCUT2D eigenvalue weighted by molar-refractivity contribution is -0.161. The topological polar surface area (TPSA) is 172 Å². The van der Waals surface area contributed by atoms with E-state index in [1.54, 1.807) is 0 Å². The van der Waals surface area contributed by atoms with Crippen molar-refractivity contribution < 1.29 is 47.5 Å². The van der Waals surface area contributed by atoms with Crippen molar-refractivity contribution in [2.75, 3.05) is 19.8 Å². The van der Waals surface area contributed by atoms with Crippen molar-refractivity contribution >= 4 is 25.7 Å². The van der Waals surface area contributed by atoms with Gasteiger partial charge in [0.25, 0.3) is 0 Å². The Morgan fingerprint density at radius 1 is 0.484 bits per heavy atom. The molecule has 362 valence electrons. The van der Waals surface area contributed by atoms with Gasteiger partial charge in [-0.05, 0) is 70.6 Å². The number of nitrogens with two attached hydrogens (primary N) is 1. The summed E-state index contributed by atoms with van der Waals surface area (Å²) >= 11 is 0. The molecule has 62 heavy (non-hydrogen) atoms. The van der Waals surface area contributed by atoms with Crippen molar-refractivity contribution in [3.8, 4) is 0 Å². The van der Waals surface area contributed by atoms with Gasteiger partial charge in [-0.15, -0.1) is 0 Å². The summed E-state index contributed by atoms with van der Waals surface area (Å²) < 4.78 is 32.7. The lowest BCUT2D eigenvalue weighted by Gasteiger charge is -2.20. The van der Waals surface area contributed by atoms with E-state index in [1.807, 2.05) is 6.08 Å². The van der Waals surface area contributed by atoms with Crippen LogP contribution in [-0.2, 0) is 37.5 Å². The molecular weight excluding hydrogens is 806 g/mol. The Balaban J connectivity index is 4.31. The number of carbonyl (C=O) groups excluding carboxylic acids is 2. The van der Waals surface area contributed by atoms with Crippen LogP contribution in [-0.4, -0.2) is 59.9 Å². The van der Waals surface area contributed by atoms with Crippen LogP contribution in [0.25, 0.3) is 0 Å². The van der Waals surface area contributed by atoms with Crippen molar-refractivity contribution in [1.82, 2.24) is 0 Å². The third-order valence-corrected chi connectivity index (χ3v) is 11.8. The molecule has 0 aliphatic heterocycles. The zero-order chi connectivity index (χ0) is 45.6. The van der Waals surface area contributed by atoms with Crippen LogP contribution in [0.5, 0.6) is 0 Å². The third-order valence-electron chi connectivity index (χ3n) is 10.8. The largest absolute Gasteiger partial charge is 0.480 e. The highest BCUT2D eigenvalue weighted by Crippen LogP contribution is 2.43. The molecule has 4 N–H and O–H groups in total. The number of aliphatic carboxylic acids is 1. The second-order valence-corrected chi connectivity index (χ2v) is 18.4. The van der Waals surface area contributed by atoms with E-state index in [9.17, 15) is 23.8 Å². The predicted octanol–water partition coefficient (Wildman–Crippen LogP) is 14.0. The number of carboxylic acid groups (broad SMARTS) is 1. The van der Waals surface area contributed by atoms with Gasteiger partial charge < -0.3 is 25.2 Å². The number of rotatable bonds is 47. The molecule has 0 amide bonds. The zero-order valence-corrected chi connectivity index (χ0v) is 40.4. The lowest BCUT2D eigenvalue weighted by atomic mass is 10.0. The fourth-order valence-electron chi connectivity index (χ4n) is 6.90. The molecule has 0 aliphatic carbocycles. The summed E-state index contributed by atoms with van der Waals surface area (Å²) in [5.74, 6) is -2.45. The number of ether oxygens (including phenoxy) is 2. The van der Waals surface area contributed by atoms with E-state index in [0.29, 0.717) is 19.3 Å². The molecule has 0 saturated heterocycles. The number of hydrogen-bond acceptors (Lipinski definition) is 9. The molecule has 0 aromatic heterocycles. The summed E-state index contributed by atoms with van der Waals surface area (Å²) in [4.78, 5) is 46.1. The molecule has 3 atom stereocenters. The highest BCUT2D eigenvalue weighted by atomic mass is 31.2.